The SMILES string of the molecule is C[C@H](NC(=O)C[NH+](C)Cc1cccc(Cl)c1)c1ccc(Cl)cc1. The van der Waals surface area contributed by atoms with Crippen molar-refractivity contribution in [3.05, 3.63) is 69.7 Å². The Labute approximate surface area is 147 Å². The molecule has 0 saturated heterocycles. The molecular formula is C18H21Cl2N2O+. The lowest BCUT2D eigenvalue weighted by atomic mass is 10.1. The van der Waals surface area contributed by atoms with Gasteiger partial charge < -0.3 is 10.2 Å². The number of rotatable bonds is 6. The molecule has 122 valence electrons. The molecule has 0 aliphatic rings. The van der Waals surface area contributed by atoms with Crippen molar-refractivity contribution in [3.8, 4) is 0 Å². The van der Waals surface area contributed by atoms with Gasteiger partial charge in [-0.2, -0.15) is 0 Å². The molecule has 5 heteroatoms. The third-order valence-corrected chi connectivity index (χ3v) is 4.09. The van der Waals surface area contributed by atoms with Crippen LogP contribution in [-0.4, -0.2) is 19.5 Å². The fourth-order valence-electron chi connectivity index (χ4n) is 2.46. The Morgan fingerprint density at radius 1 is 1.13 bits per heavy atom. The summed E-state index contributed by atoms with van der Waals surface area (Å²) in [6.07, 6.45) is 0. The van der Waals surface area contributed by atoms with Gasteiger partial charge in [-0.15, -0.1) is 0 Å². The van der Waals surface area contributed by atoms with Gasteiger partial charge in [0.25, 0.3) is 5.91 Å². The minimum Gasteiger partial charge on any atom is -0.345 e. The number of likely N-dealkylation sites (N-methyl/N-ethyl adjacent to an activating group) is 1. The molecule has 2 aromatic carbocycles. The van der Waals surface area contributed by atoms with Crippen LogP contribution < -0.4 is 10.2 Å². The van der Waals surface area contributed by atoms with E-state index in [1.54, 1.807) is 0 Å². The number of carbonyl (C=O) groups is 1. The van der Waals surface area contributed by atoms with Gasteiger partial charge in [-0.05, 0) is 36.8 Å². The second kappa shape index (κ2) is 8.34. The van der Waals surface area contributed by atoms with Crippen molar-refractivity contribution < 1.29 is 9.69 Å². The average Bonchev–Trinajstić information content (AvgIpc) is 2.47. The molecular weight excluding hydrogens is 331 g/mol. The number of hydrogen-bond donors (Lipinski definition) is 2. The van der Waals surface area contributed by atoms with Crippen molar-refractivity contribution >= 4 is 29.1 Å². The first-order chi connectivity index (χ1) is 10.9. The van der Waals surface area contributed by atoms with Gasteiger partial charge >= 0.3 is 0 Å². The Balaban J connectivity index is 1.85. The van der Waals surface area contributed by atoms with E-state index >= 15 is 0 Å². The fraction of sp³-hybridized carbons (Fsp3) is 0.278. The second-order valence-electron chi connectivity index (χ2n) is 5.78. The molecule has 23 heavy (non-hydrogen) atoms. The minimum atomic E-state index is -0.0428. The fourth-order valence-corrected chi connectivity index (χ4v) is 2.80. The van der Waals surface area contributed by atoms with Crippen molar-refractivity contribution in [2.45, 2.75) is 19.5 Å². The molecule has 1 unspecified atom stereocenters. The van der Waals surface area contributed by atoms with E-state index in [-0.39, 0.29) is 11.9 Å². The van der Waals surface area contributed by atoms with Crippen LogP contribution in [0.1, 0.15) is 24.1 Å². The number of quaternary nitrogens is 1. The monoisotopic (exact) mass is 351 g/mol. The highest BCUT2D eigenvalue weighted by molar-refractivity contribution is 6.30. The van der Waals surface area contributed by atoms with Crippen LogP contribution in [0, 0.1) is 0 Å². The first-order valence-electron chi connectivity index (χ1n) is 7.54. The Hall–Kier alpha value is -1.55. The zero-order valence-corrected chi connectivity index (χ0v) is 14.8. The van der Waals surface area contributed by atoms with E-state index < -0.39 is 0 Å². The molecule has 0 spiro atoms. The van der Waals surface area contributed by atoms with Crippen molar-refractivity contribution in [1.82, 2.24) is 5.32 Å². The Morgan fingerprint density at radius 3 is 2.48 bits per heavy atom. The highest BCUT2D eigenvalue weighted by Gasteiger charge is 2.14. The van der Waals surface area contributed by atoms with Crippen LogP contribution in [0.5, 0.6) is 0 Å². The third kappa shape index (κ3) is 5.87. The maximum Gasteiger partial charge on any atom is 0.275 e. The lowest BCUT2D eigenvalue weighted by Gasteiger charge is -2.17. The highest BCUT2D eigenvalue weighted by atomic mass is 35.5. The van der Waals surface area contributed by atoms with Gasteiger partial charge in [-0.3, -0.25) is 4.79 Å². The molecule has 0 fully saturated rings. The number of amides is 1. The molecule has 0 aromatic heterocycles. The average molecular weight is 352 g/mol. The summed E-state index contributed by atoms with van der Waals surface area (Å²) in [7, 11) is 1.99. The van der Waals surface area contributed by atoms with Crippen LogP contribution in [0.4, 0.5) is 0 Å². The quantitative estimate of drug-likeness (QED) is 0.824. The van der Waals surface area contributed by atoms with Gasteiger partial charge in [-0.25, -0.2) is 0 Å². The zero-order valence-electron chi connectivity index (χ0n) is 13.3. The third-order valence-electron chi connectivity index (χ3n) is 3.60. The predicted molar refractivity (Wildman–Crippen MR) is 94.9 cm³/mol. The smallest absolute Gasteiger partial charge is 0.275 e. The summed E-state index contributed by atoms with van der Waals surface area (Å²) in [5, 5.41) is 4.43. The van der Waals surface area contributed by atoms with E-state index in [1.807, 2.05) is 62.5 Å². The first kappa shape index (κ1) is 17.8. The molecule has 2 aromatic rings. The normalized spacial score (nSPS) is 13.4. The van der Waals surface area contributed by atoms with Gasteiger partial charge in [0.15, 0.2) is 6.54 Å². The van der Waals surface area contributed by atoms with Crippen LogP contribution in [-0.2, 0) is 11.3 Å². The van der Waals surface area contributed by atoms with Gasteiger partial charge in [0, 0.05) is 15.6 Å². The highest BCUT2D eigenvalue weighted by Crippen LogP contribution is 2.15. The second-order valence-corrected chi connectivity index (χ2v) is 6.65. The summed E-state index contributed by atoms with van der Waals surface area (Å²) in [6, 6.07) is 15.2. The molecule has 2 atom stereocenters. The zero-order chi connectivity index (χ0) is 16.8. The van der Waals surface area contributed by atoms with Gasteiger partial charge in [0.2, 0.25) is 0 Å². The Morgan fingerprint density at radius 2 is 1.83 bits per heavy atom. The summed E-state index contributed by atoms with van der Waals surface area (Å²) in [5.74, 6) is 0.0204. The number of carbonyl (C=O) groups excluding carboxylic acids is 1. The number of nitrogens with one attached hydrogen (secondary N) is 2. The van der Waals surface area contributed by atoms with Crippen LogP contribution >= 0.6 is 23.2 Å². The molecule has 0 radical (unpaired) electrons. The Bertz CT molecular complexity index is 658. The topological polar surface area (TPSA) is 33.5 Å². The summed E-state index contributed by atoms with van der Waals surface area (Å²) in [5.41, 5.74) is 2.16. The lowest BCUT2D eigenvalue weighted by molar-refractivity contribution is -0.885. The summed E-state index contributed by atoms with van der Waals surface area (Å²) >= 11 is 11.9. The number of hydrogen-bond acceptors (Lipinski definition) is 1. The van der Waals surface area contributed by atoms with E-state index in [9.17, 15) is 4.79 Å². The molecule has 0 saturated carbocycles. The van der Waals surface area contributed by atoms with Crippen LogP contribution in [0.2, 0.25) is 10.0 Å². The van der Waals surface area contributed by atoms with E-state index in [1.165, 1.54) is 0 Å². The molecule has 2 rings (SSSR count). The van der Waals surface area contributed by atoms with Crippen molar-refractivity contribution in [2.75, 3.05) is 13.6 Å². The van der Waals surface area contributed by atoms with Crippen LogP contribution in [0.25, 0.3) is 0 Å². The molecule has 1 amide bonds. The minimum absolute atomic E-state index is 0.0204. The van der Waals surface area contributed by atoms with Crippen molar-refractivity contribution in [2.24, 2.45) is 0 Å². The first-order valence-corrected chi connectivity index (χ1v) is 8.30. The largest absolute Gasteiger partial charge is 0.345 e. The van der Waals surface area contributed by atoms with Crippen molar-refractivity contribution in [3.63, 3.8) is 0 Å². The maximum atomic E-state index is 12.2. The standard InChI is InChI=1S/C18H20Cl2N2O/c1-13(15-6-8-16(19)9-7-15)21-18(23)12-22(2)11-14-4-3-5-17(20)10-14/h3-10,13H,11-12H2,1-2H3,(H,21,23)/p+1/t13-/m0/s1. The van der Waals surface area contributed by atoms with E-state index in [4.69, 9.17) is 23.2 Å². The van der Waals surface area contributed by atoms with Crippen LogP contribution in [0.15, 0.2) is 48.5 Å². The molecule has 0 aliphatic carbocycles. The summed E-state index contributed by atoms with van der Waals surface area (Å²) in [4.78, 5) is 13.3. The van der Waals surface area contributed by atoms with Gasteiger partial charge in [-0.1, -0.05) is 47.5 Å². The molecule has 3 nitrogen and oxygen atoms in total. The Kier molecular flexibility index (Phi) is 6.46. The number of halogens is 2. The van der Waals surface area contributed by atoms with E-state index in [0.717, 1.165) is 27.6 Å². The molecule has 2 N–H and O–H groups in total. The van der Waals surface area contributed by atoms with Crippen molar-refractivity contribution in [1.29, 1.82) is 0 Å². The van der Waals surface area contributed by atoms with Gasteiger partial charge in [0.05, 0.1) is 13.1 Å². The molecule has 0 heterocycles. The maximum absolute atomic E-state index is 12.2. The molecule has 0 bridgehead atoms. The predicted octanol–water partition coefficient (Wildman–Crippen LogP) is 2.89. The summed E-state index contributed by atoms with van der Waals surface area (Å²) in [6.45, 7) is 3.13. The van der Waals surface area contributed by atoms with Crippen LogP contribution in [0.3, 0.4) is 0 Å². The summed E-state index contributed by atoms with van der Waals surface area (Å²) < 4.78 is 0. The van der Waals surface area contributed by atoms with E-state index in [2.05, 4.69) is 5.32 Å². The van der Waals surface area contributed by atoms with E-state index in [0.29, 0.717) is 11.6 Å². The molecule has 0 aliphatic heterocycles. The lowest BCUT2D eigenvalue weighted by Crippen LogP contribution is -3.08. The number of benzene rings is 2. The van der Waals surface area contributed by atoms with Gasteiger partial charge in [0.1, 0.15) is 6.54 Å².